The number of alkyl halides is 3. The van der Waals surface area contributed by atoms with E-state index in [2.05, 4.69) is 25.7 Å². The largest absolute Gasteiger partial charge is 0.388 e. The Hall–Kier alpha value is 0.790. The van der Waals surface area contributed by atoms with Gasteiger partial charge in [0.05, 0.1) is 5.60 Å². The van der Waals surface area contributed by atoms with E-state index in [9.17, 15) is 5.11 Å². The van der Waals surface area contributed by atoms with E-state index in [-0.39, 0.29) is 10.8 Å². The van der Waals surface area contributed by atoms with Crippen molar-refractivity contribution < 1.29 is 5.11 Å². The van der Waals surface area contributed by atoms with Gasteiger partial charge in [0.25, 0.3) is 0 Å². The average molecular weight is 503 g/mol. The van der Waals surface area contributed by atoms with Gasteiger partial charge in [-0.3, -0.25) is 4.90 Å². The molecule has 5 heteroatoms. The Morgan fingerprint density at radius 3 is 2.41 bits per heavy atom. The van der Waals surface area contributed by atoms with Crippen LogP contribution in [0.5, 0.6) is 0 Å². The highest BCUT2D eigenvalue weighted by Crippen LogP contribution is 2.71. The summed E-state index contributed by atoms with van der Waals surface area (Å²) in [7, 11) is 0. The number of hydrogen-bond donors (Lipinski definition) is 1. The SMILES string of the molecule is C[C@H]1CC[C@@H]2N(C1)C[C@H]1[C@@H]3C[C@H]4[C@@H](CC(Cl)(Cl)[C@H]5C[C@@H](Cl)CC[C@@]54C)[C@@H]3CC[C@@H]1[C@]2(C)O. The number of halogens is 3. The molecule has 0 amide bonds. The van der Waals surface area contributed by atoms with Crippen molar-refractivity contribution in [2.24, 2.45) is 52.8 Å². The molecule has 6 fully saturated rings. The maximum atomic E-state index is 11.9. The van der Waals surface area contributed by atoms with E-state index in [1.54, 1.807) is 0 Å². The van der Waals surface area contributed by atoms with Crippen molar-refractivity contribution >= 4 is 34.8 Å². The number of fused-ring (bicyclic) bond motifs is 8. The molecule has 0 radical (unpaired) electrons. The van der Waals surface area contributed by atoms with Crippen LogP contribution in [0.4, 0.5) is 0 Å². The minimum Gasteiger partial charge on any atom is -0.388 e. The van der Waals surface area contributed by atoms with Gasteiger partial charge in [0.2, 0.25) is 0 Å². The Morgan fingerprint density at radius 1 is 0.844 bits per heavy atom. The van der Waals surface area contributed by atoms with Crippen LogP contribution in [0.3, 0.4) is 0 Å². The van der Waals surface area contributed by atoms with Crippen LogP contribution in [0.15, 0.2) is 0 Å². The number of nitrogens with zero attached hydrogens (tertiary/aromatic N) is 1. The quantitative estimate of drug-likeness (QED) is 0.371. The van der Waals surface area contributed by atoms with E-state index < -0.39 is 9.93 Å². The monoisotopic (exact) mass is 501 g/mol. The van der Waals surface area contributed by atoms with Gasteiger partial charge in [0.15, 0.2) is 0 Å². The van der Waals surface area contributed by atoms with Crippen molar-refractivity contribution in [3.05, 3.63) is 0 Å². The van der Waals surface area contributed by atoms with Crippen LogP contribution in [0.25, 0.3) is 0 Å². The van der Waals surface area contributed by atoms with E-state index in [1.165, 1.54) is 38.6 Å². The van der Waals surface area contributed by atoms with Crippen molar-refractivity contribution in [1.82, 2.24) is 4.90 Å². The summed E-state index contributed by atoms with van der Waals surface area (Å²) < 4.78 is -0.638. The molecule has 4 aliphatic carbocycles. The van der Waals surface area contributed by atoms with Gasteiger partial charge in [0.1, 0.15) is 4.33 Å². The molecule has 0 aromatic carbocycles. The molecule has 1 N–H and O–H groups in total. The Kier molecular flexibility index (Phi) is 5.54. The molecule has 2 saturated heterocycles. The maximum absolute atomic E-state index is 11.9. The third-order valence-corrected chi connectivity index (χ3v) is 13.2. The zero-order valence-electron chi connectivity index (χ0n) is 20.1. The first-order valence-corrected chi connectivity index (χ1v) is 14.7. The topological polar surface area (TPSA) is 23.5 Å². The highest BCUT2D eigenvalue weighted by atomic mass is 35.5. The summed E-state index contributed by atoms with van der Waals surface area (Å²) >= 11 is 20.9. The molecule has 4 saturated carbocycles. The molecule has 2 nitrogen and oxygen atoms in total. The van der Waals surface area contributed by atoms with E-state index in [0.29, 0.717) is 29.7 Å². The Bertz CT molecular complexity index is 757. The number of rotatable bonds is 0. The van der Waals surface area contributed by atoms with Crippen LogP contribution in [0.1, 0.15) is 78.6 Å². The summed E-state index contributed by atoms with van der Waals surface area (Å²) in [5.41, 5.74) is -0.336. The van der Waals surface area contributed by atoms with Crippen molar-refractivity contribution in [2.75, 3.05) is 13.1 Å². The van der Waals surface area contributed by atoms with Gasteiger partial charge in [-0.1, -0.05) is 13.8 Å². The molecular formula is C27H42Cl3NO. The zero-order chi connectivity index (χ0) is 22.6. The molecule has 12 atom stereocenters. The van der Waals surface area contributed by atoms with Crippen LogP contribution in [0.2, 0.25) is 0 Å². The number of aliphatic hydroxyl groups is 1. The fraction of sp³-hybridized carbons (Fsp3) is 1.00. The van der Waals surface area contributed by atoms with Gasteiger partial charge >= 0.3 is 0 Å². The van der Waals surface area contributed by atoms with Crippen LogP contribution in [-0.2, 0) is 0 Å². The van der Waals surface area contributed by atoms with Crippen LogP contribution < -0.4 is 0 Å². The number of hydrogen-bond acceptors (Lipinski definition) is 2. The maximum Gasteiger partial charge on any atom is 0.122 e. The molecule has 0 aromatic rings. The first-order chi connectivity index (χ1) is 15.0. The van der Waals surface area contributed by atoms with Crippen LogP contribution in [0, 0.1) is 52.8 Å². The lowest BCUT2D eigenvalue weighted by Crippen LogP contribution is -2.67. The molecule has 6 aliphatic rings. The molecule has 182 valence electrons. The molecule has 6 rings (SSSR count). The van der Waals surface area contributed by atoms with Gasteiger partial charge in [-0.25, -0.2) is 0 Å². The zero-order valence-corrected chi connectivity index (χ0v) is 22.3. The van der Waals surface area contributed by atoms with Crippen molar-refractivity contribution in [3.8, 4) is 0 Å². The van der Waals surface area contributed by atoms with E-state index in [4.69, 9.17) is 34.8 Å². The molecule has 2 heterocycles. The lowest BCUT2D eigenvalue weighted by Gasteiger charge is -2.60. The summed E-state index contributed by atoms with van der Waals surface area (Å²) in [6.45, 7) is 9.44. The normalized spacial score (nSPS) is 59.3. The average Bonchev–Trinajstić information content (AvgIpc) is 3.08. The smallest absolute Gasteiger partial charge is 0.122 e. The summed E-state index contributed by atoms with van der Waals surface area (Å²) in [6, 6.07) is 0.361. The van der Waals surface area contributed by atoms with Gasteiger partial charge in [-0.05, 0) is 117 Å². The summed E-state index contributed by atoms with van der Waals surface area (Å²) in [5, 5.41) is 12.1. The highest BCUT2D eigenvalue weighted by Gasteiger charge is 2.66. The molecule has 0 aromatic heterocycles. The Morgan fingerprint density at radius 2 is 1.62 bits per heavy atom. The van der Waals surface area contributed by atoms with Gasteiger partial charge in [-0.2, -0.15) is 0 Å². The molecular weight excluding hydrogens is 461 g/mol. The van der Waals surface area contributed by atoms with Crippen molar-refractivity contribution in [2.45, 2.75) is 99.9 Å². The molecule has 0 spiro atoms. The third kappa shape index (κ3) is 3.24. The van der Waals surface area contributed by atoms with Gasteiger partial charge in [-0.15, -0.1) is 34.8 Å². The molecule has 0 unspecified atom stereocenters. The van der Waals surface area contributed by atoms with Crippen molar-refractivity contribution in [3.63, 3.8) is 0 Å². The second kappa shape index (κ2) is 7.64. The lowest BCUT2D eigenvalue weighted by molar-refractivity contribution is -0.175. The third-order valence-electron chi connectivity index (χ3n) is 12.0. The lowest BCUT2D eigenvalue weighted by atomic mass is 9.52. The van der Waals surface area contributed by atoms with E-state index in [0.717, 1.165) is 55.9 Å². The predicted octanol–water partition coefficient (Wildman–Crippen LogP) is 6.74. The molecule has 2 aliphatic heterocycles. The van der Waals surface area contributed by atoms with Crippen LogP contribution >= 0.6 is 34.8 Å². The summed E-state index contributed by atoms with van der Waals surface area (Å²) in [4.78, 5) is 2.69. The number of piperidine rings is 2. The first-order valence-electron chi connectivity index (χ1n) is 13.5. The minimum atomic E-state index is -0.638. The van der Waals surface area contributed by atoms with E-state index >= 15 is 0 Å². The standard InChI is InChI=1S/C27H42Cl3NO/c1-15-4-7-24-26(3,32)21-6-5-17-18(20(21)14-31(24)13-15)11-22-19(17)12-27(29,30)23-10-16(28)8-9-25(22,23)2/h15-24,32H,4-14H2,1-3H3/t15-,16-,17+,18+,19-,20-,21-,22-,23-,24-,25+,26-/m0/s1. The van der Waals surface area contributed by atoms with Gasteiger partial charge in [0, 0.05) is 24.5 Å². The van der Waals surface area contributed by atoms with E-state index in [1.807, 2.05) is 0 Å². The second-order valence-electron chi connectivity index (χ2n) is 13.5. The Labute approximate surface area is 210 Å². The Balaban J connectivity index is 1.32. The van der Waals surface area contributed by atoms with Crippen LogP contribution in [-0.4, -0.2) is 44.4 Å². The van der Waals surface area contributed by atoms with Gasteiger partial charge < -0.3 is 5.11 Å². The molecule has 32 heavy (non-hydrogen) atoms. The second-order valence-corrected chi connectivity index (χ2v) is 15.6. The van der Waals surface area contributed by atoms with Crippen molar-refractivity contribution in [1.29, 1.82) is 0 Å². The fourth-order valence-electron chi connectivity index (χ4n) is 10.6. The molecule has 0 bridgehead atoms. The summed E-state index contributed by atoms with van der Waals surface area (Å²) in [6.07, 6.45) is 10.4. The fourth-order valence-corrected chi connectivity index (χ4v) is 11.9. The first kappa shape index (κ1) is 23.2. The summed E-state index contributed by atoms with van der Waals surface area (Å²) in [5.74, 6) is 4.98. The predicted molar refractivity (Wildman–Crippen MR) is 133 cm³/mol. The highest BCUT2D eigenvalue weighted by molar-refractivity contribution is 6.48. The minimum absolute atomic E-state index is 0.212.